The smallest absolute Gasteiger partial charge is 0.136 e. The van der Waals surface area contributed by atoms with E-state index in [0.717, 1.165) is 61.0 Å². The predicted molar refractivity (Wildman–Crippen MR) is 225 cm³/mol. The van der Waals surface area contributed by atoms with Crippen LogP contribution in [0.1, 0.15) is 36.1 Å². The van der Waals surface area contributed by atoms with Gasteiger partial charge in [0.15, 0.2) is 0 Å². The largest absolute Gasteiger partial charge is 0.456 e. The normalized spacial score (nSPS) is 12.5. The predicted octanol–water partition coefficient (Wildman–Crippen LogP) is 13.0. The molecule has 0 atom stereocenters. The van der Waals surface area contributed by atoms with Gasteiger partial charge in [-0.05, 0) is 99.8 Å². The van der Waals surface area contributed by atoms with Crippen molar-refractivity contribution in [1.29, 1.82) is 0 Å². The van der Waals surface area contributed by atoms with E-state index in [4.69, 9.17) is 15.1 Å². The number of benzene rings is 7. The number of fused-ring (bicyclic) bond motifs is 3. The third-order valence-electron chi connectivity index (χ3n) is 9.97. The van der Waals surface area contributed by atoms with E-state index in [0.29, 0.717) is 12.2 Å². The van der Waals surface area contributed by atoms with Gasteiger partial charge in [0.05, 0.1) is 12.3 Å². The molecule has 1 heterocycles. The summed E-state index contributed by atoms with van der Waals surface area (Å²) in [6.45, 7) is 4.74. The maximum absolute atomic E-state index is 6.87. The van der Waals surface area contributed by atoms with Crippen molar-refractivity contribution in [2.24, 2.45) is 10.7 Å². The Hall–Kier alpha value is -6.71. The van der Waals surface area contributed by atoms with E-state index in [1.54, 1.807) is 0 Å². The molecule has 0 aliphatic carbocycles. The molecule has 0 unspecified atom stereocenters. The summed E-state index contributed by atoms with van der Waals surface area (Å²) in [6.07, 6.45) is 4.15. The number of hydrogen-bond acceptors (Lipinski definition) is 3. The molecule has 1 aromatic heterocycles. The van der Waals surface area contributed by atoms with Crippen LogP contribution in [0.15, 0.2) is 191 Å². The minimum atomic E-state index is 0.520. The quantitative estimate of drug-likeness (QED) is 0.154. The summed E-state index contributed by atoms with van der Waals surface area (Å²) in [5, 5.41) is 2.06. The highest BCUT2D eigenvalue weighted by atomic mass is 16.3. The van der Waals surface area contributed by atoms with Crippen LogP contribution in [0.5, 0.6) is 0 Å². The topological polar surface area (TPSA) is 51.5 Å². The van der Waals surface area contributed by atoms with Crippen LogP contribution in [0, 0.1) is 0 Å². The summed E-state index contributed by atoms with van der Waals surface area (Å²) in [4.78, 5) is 5.19. The zero-order valence-electron chi connectivity index (χ0n) is 30.0. The van der Waals surface area contributed by atoms with Gasteiger partial charge in [0.25, 0.3) is 0 Å². The van der Waals surface area contributed by atoms with Gasteiger partial charge in [-0.15, -0.1) is 0 Å². The van der Waals surface area contributed by atoms with E-state index in [-0.39, 0.29) is 0 Å². The Morgan fingerprint density at radius 1 is 0.566 bits per heavy atom. The maximum atomic E-state index is 6.87. The van der Waals surface area contributed by atoms with Gasteiger partial charge >= 0.3 is 0 Å². The second-order valence-corrected chi connectivity index (χ2v) is 13.4. The van der Waals surface area contributed by atoms with Crippen LogP contribution in [0.2, 0.25) is 0 Å². The van der Waals surface area contributed by atoms with E-state index < -0.39 is 0 Å². The molecule has 8 rings (SSSR count). The second kappa shape index (κ2) is 14.9. The fourth-order valence-electron chi connectivity index (χ4n) is 6.88. The molecule has 0 spiro atoms. The van der Waals surface area contributed by atoms with Gasteiger partial charge in [-0.3, -0.25) is 4.99 Å². The Bertz CT molecular complexity index is 2630. The number of furan rings is 1. The van der Waals surface area contributed by atoms with Crippen molar-refractivity contribution in [3.8, 4) is 33.4 Å². The summed E-state index contributed by atoms with van der Waals surface area (Å²) in [5.74, 6) is 0. The highest BCUT2D eigenvalue weighted by molar-refractivity contribution is 6.23. The van der Waals surface area contributed by atoms with Crippen LogP contribution in [0.4, 0.5) is 0 Å². The minimum Gasteiger partial charge on any atom is -0.456 e. The van der Waals surface area contributed by atoms with Gasteiger partial charge in [0, 0.05) is 22.0 Å². The van der Waals surface area contributed by atoms with Crippen molar-refractivity contribution in [1.82, 2.24) is 0 Å². The first-order valence-electron chi connectivity index (χ1n) is 18.1. The fourth-order valence-corrected chi connectivity index (χ4v) is 6.88. The number of nitrogens with two attached hydrogens (primary N) is 1. The molecule has 53 heavy (non-hydrogen) atoms. The van der Waals surface area contributed by atoms with Crippen molar-refractivity contribution in [3.63, 3.8) is 0 Å². The van der Waals surface area contributed by atoms with Crippen molar-refractivity contribution in [3.05, 3.63) is 204 Å². The van der Waals surface area contributed by atoms with Gasteiger partial charge < -0.3 is 10.2 Å². The van der Waals surface area contributed by atoms with Crippen LogP contribution in [-0.2, 0) is 6.54 Å². The molecule has 0 saturated carbocycles. The molecule has 0 aliphatic rings. The molecule has 7 aromatic carbocycles. The lowest BCUT2D eigenvalue weighted by atomic mass is 9.95. The van der Waals surface area contributed by atoms with Crippen LogP contribution >= 0.6 is 0 Å². The standard InChI is InChI=1S/C50H40N2O/c1-3-34(2)36-20-22-39(23-21-36)41-16-10-17-42(30-41)43-28-29-48-45(31-43)50-44(18-11-19-49(50)53-48)47(52-33-35-12-6-4-7-13-35)32-46(51)40-26-24-38(25-27-40)37-14-8-5-9-15-37/h3-32H,33,51H2,1-2H3/b34-3+,46-32-,52-47?. The third-order valence-corrected chi connectivity index (χ3v) is 9.97. The summed E-state index contributed by atoms with van der Waals surface area (Å²) in [5.41, 5.74) is 22.5. The molecule has 3 heteroatoms. The van der Waals surface area contributed by atoms with E-state index in [1.807, 2.05) is 42.5 Å². The number of rotatable bonds is 9. The number of hydrogen-bond donors (Lipinski definition) is 1. The van der Waals surface area contributed by atoms with Gasteiger partial charge in [-0.1, -0.05) is 152 Å². The van der Waals surface area contributed by atoms with Crippen molar-refractivity contribution >= 4 is 38.9 Å². The average molecular weight is 685 g/mol. The molecule has 0 saturated heterocycles. The van der Waals surface area contributed by atoms with Gasteiger partial charge in [-0.2, -0.15) is 0 Å². The molecular formula is C50H40N2O. The summed E-state index contributed by atoms with van der Waals surface area (Å²) >= 11 is 0. The minimum absolute atomic E-state index is 0.520. The van der Waals surface area contributed by atoms with Crippen LogP contribution in [0.3, 0.4) is 0 Å². The molecule has 0 aliphatic heterocycles. The number of allylic oxidation sites excluding steroid dienone is 3. The summed E-state index contributed by atoms with van der Waals surface area (Å²) in [6, 6.07) is 59.3. The highest BCUT2D eigenvalue weighted by Gasteiger charge is 2.16. The molecular weight excluding hydrogens is 645 g/mol. The number of aliphatic imine (C=N–C) groups is 1. The molecule has 0 fully saturated rings. The highest BCUT2D eigenvalue weighted by Crippen LogP contribution is 2.36. The summed E-state index contributed by atoms with van der Waals surface area (Å²) < 4.78 is 6.46. The maximum Gasteiger partial charge on any atom is 0.136 e. The summed E-state index contributed by atoms with van der Waals surface area (Å²) in [7, 11) is 0. The zero-order chi connectivity index (χ0) is 36.1. The molecule has 0 radical (unpaired) electrons. The van der Waals surface area contributed by atoms with Crippen LogP contribution < -0.4 is 5.73 Å². The van der Waals surface area contributed by atoms with Gasteiger partial charge in [-0.25, -0.2) is 0 Å². The van der Waals surface area contributed by atoms with Gasteiger partial charge in [0.1, 0.15) is 11.2 Å². The van der Waals surface area contributed by atoms with Crippen LogP contribution in [0.25, 0.3) is 66.6 Å². The Morgan fingerprint density at radius 3 is 1.85 bits per heavy atom. The molecule has 3 nitrogen and oxygen atoms in total. The molecule has 0 amide bonds. The monoisotopic (exact) mass is 684 g/mol. The lowest BCUT2D eigenvalue weighted by molar-refractivity contribution is 0.669. The van der Waals surface area contributed by atoms with Crippen molar-refractivity contribution in [2.45, 2.75) is 20.4 Å². The molecule has 0 bridgehead atoms. The Morgan fingerprint density at radius 2 is 1.13 bits per heavy atom. The fraction of sp³-hybridized carbons (Fsp3) is 0.0600. The average Bonchev–Trinajstić information content (AvgIpc) is 3.61. The lowest BCUT2D eigenvalue weighted by Gasteiger charge is -2.10. The third kappa shape index (κ3) is 7.11. The first-order valence-corrected chi connectivity index (χ1v) is 18.1. The van der Waals surface area contributed by atoms with E-state index in [2.05, 4.69) is 153 Å². The first kappa shape index (κ1) is 33.4. The van der Waals surface area contributed by atoms with Crippen molar-refractivity contribution in [2.75, 3.05) is 0 Å². The first-order chi connectivity index (χ1) is 26.0. The molecule has 2 N–H and O–H groups in total. The van der Waals surface area contributed by atoms with Crippen molar-refractivity contribution < 1.29 is 4.42 Å². The van der Waals surface area contributed by atoms with Gasteiger partial charge in [0.2, 0.25) is 0 Å². The zero-order valence-corrected chi connectivity index (χ0v) is 30.0. The Balaban J connectivity index is 1.20. The Labute approximate surface area is 311 Å². The number of nitrogens with zero attached hydrogens (tertiary/aromatic N) is 1. The van der Waals surface area contributed by atoms with E-state index in [9.17, 15) is 0 Å². The van der Waals surface area contributed by atoms with E-state index >= 15 is 0 Å². The van der Waals surface area contributed by atoms with Crippen LogP contribution in [-0.4, -0.2) is 5.71 Å². The second-order valence-electron chi connectivity index (χ2n) is 13.4. The molecule has 256 valence electrons. The molecule has 8 aromatic rings. The lowest BCUT2D eigenvalue weighted by Crippen LogP contribution is -2.05. The Kier molecular flexibility index (Phi) is 9.38. The SMILES string of the molecule is C/C=C(\C)c1ccc(-c2cccc(-c3ccc4oc5cccc(C(/C=C(\N)c6ccc(-c7ccccc7)cc6)=NCc6ccccc6)c5c4c3)c2)cc1. The van der Waals surface area contributed by atoms with E-state index in [1.165, 1.54) is 27.8 Å².